The first-order valence-corrected chi connectivity index (χ1v) is 7.92. The minimum absolute atomic E-state index is 0.0533. The second-order valence-electron chi connectivity index (χ2n) is 5.12. The molecule has 0 aliphatic heterocycles. The number of hydrogen-bond acceptors (Lipinski definition) is 4. The minimum Gasteiger partial charge on any atom is -0.354 e. The van der Waals surface area contributed by atoms with E-state index in [0.29, 0.717) is 6.54 Å². The van der Waals surface area contributed by atoms with Crippen molar-refractivity contribution in [1.29, 1.82) is 0 Å². The molecule has 3 aromatic rings. The fourth-order valence-corrected chi connectivity index (χ4v) is 3.12. The van der Waals surface area contributed by atoms with Crippen LogP contribution < -0.4 is 11.1 Å². The fraction of sp³-hybridized carbons (Fsp3) is 0.176. The molecule has 0 unspecified atom stereocenters. The number of fused-ring (bicyclic) bond motifs is 1. The van der Waals surface area contributed by atoms with Crippen LogP contribution in [0.1, 0.15) is 17.3 Å². The smallest absolute Gasteiger partial charge is 0.226 e. The van der Waals surface area contributed by atoms with E-state index in [9.17, 15) is 4.79 Å². The van der Waals surface area contributed by atoms with Crippen molar-refractivity contribution >= 4 is 27.5 Å². The van der Waals surface area contributed by atoms with Gasteiger partial charge in [0.2, 0.25) is 5.91 Å². The van der Waals surface area contributed by atoms with Crippen molar-refractivity contribution in [2.24, 2.45) is 5.73 Å². The van der Waals surface area contributed by atoms with Crippen LogP contribution in [0.15, 0.2) is 54.6 Å². The van der Waals surface area contributed by atoms with Crippen molar-refractivity contribution in [3.63, 3.8) is 0 Å². The van der Waals surface area contributed by atoms with Gasteiger partial charge in [0.1, 0.15) is 0 Å². The number of nitrogens with zero attached hydrogens (tertiary/aromatic N) is 1. The summed E-state index contributed by atoms with van der Waals surface area (Å²) < 4.78 is 5.47. The van der Waals surface area contributed by atoms with Gasteiger partial charge in [0.15, 0.2) is 0 Å². The van der Waals surface area contributed by atoms with Gasteiger partial charge in [-0.15, -0.1) is 0 Å². The first-order chi connectivity index (χ1) is 10.7. The molecule has 0 aliphatic carbocycles. The zero-order chi connectivity index (χ0) is 15.4. The number of aromatic nitrogens is 1. The molecule has 5 heteroatoms. The maximum atomic E-state index is 12.1. The van der Waals surface area contributed by atoms with E-state index in [1.54, 1.807) is 0 Å². The van der Waals surface area contributed by atoms with Gasteiger partial charge in [-0.05, 0) is 23.2 Å². The third-order valence-corrected chi connectivity index (χ3v) is 4.39. The molecule has 1 atom stereocenters. The third kappa shape index (κ3) is 3.32. The van der Waals surface area contributed by atoms with E-state index < -0.39 is 0 Å². The van der Waals surface area contributed by atoms with Crippen molar-refractivity contribution in [2.45, 2.75) is 12.5 Å². The molecule has 4 nitrogen and oxygen atoms in total. The summed E-state index contributed by atoms with van der Waals surface area (Å²) in [5.74, 6) is -0.0533. The molecule has 2 aromatic carbocycles. The Morgan fingerprint density at radius 3 is 2.68 bits per heavy atom. The highest BCUT2D eigenvalue weighted by Gasteiger charge is 2.12. The number of rotatable bonds is 5. The van der Waals surface area contributed by atoms with Gasteiger partial charge < -0.3 is 11.1 Å². The summed E-state index contributed by atoms with van der Waals surface area (Å²) in [7, 11) is 0. The Morgan fingerprint density at radius 2 is 1.86 bits per heavy atom. The molecule has 1 heterocycles. The first kappa shape index (κ1) is 14.7. The van der Waals surface area contributed by atoms with Gasteiger partial charge in [0.05, 0.1) is 16.8 Å². The van der Waals surface area contributed by atoms with Gasteiger partial charge in [-0.2, -0.15) is 4.37 Å². The summed E-state index contributed by atoms with van der Waals surface area (Å²) in [6, 6.07) is 17.5. The van der Waals surface area contributed by atoms with E-state index in [-0.39, 0.29) is 18.4 Å². The lowest BCUT2D eigenvalue weighted by Crippen LogP contribution is -2.32. The molecule has 0 spiro atoms. The molecule has 0 bridgehead atoms. The van der Waals surface area contributed by atoms with Gasteiger partial charge in [-0.25, -0.2) is 0 Å². The molecule has 0 fully saturated rings. The average molecular weight is 311 g/mol. The zero-order valence-corrected chi connectivity index (χ0v) is 12.8. The largest absolute Gasteiger partial charge is 0.354 e. The highest BCUT2D eigenvalue weighted by atomic mass is 32.1. The van der Waals surface area contributed by atoms with Crippen molar-refractivity contribution in [3.05, 3.63) is 65.9 Å². The number of carbonyl (C=O) groups excluding carboxylic acids is 1. The van der Waals surface area contributed by atoms with Gasteiger partial charge in [-0.1, -0.05) is 48.5 Å². The Bertz CT molecular complexity index is 770. The minimum atomic E-state index is -0.197. The molecule has 0 radical (unpaired) electrons. The third-order valence-electron chi connectivity index (χ3n) is 3.53. The molecule has 0 saturated heterocycles. The second kappa shape index (κ2) is 6.68. The number of benzene rings is 2. The Balaban J connectivity index is 1.59. The van der Waals surface area contributed by atoms with Crippen molar-refractivity contribution in [1.82, 2.24) is 9.69 Å². The van der Waals surface area contributed by atoms with Crippen molar-refractivity contribution < 1.29 is 4.79 Å². The van der Waals surface area contributed by atoms with Gasteiger partial charge in [-0.3, -0.25) is 4.79 Å². The zero-order valence-electron chi connectivity index (χ0n) is 12.0. The Hall–Kier alpha value is -2.24. The SMILES string of the molecule is N[C@@H](CNC(=O)Cc1nsc2ccccc12)c1ccccc1. The number of amides is 1. The number of hydrogen-bond donors (Lipinski definition) is 2. The van der Waals surface area contributed by atoms with Crippen LogP contribution in [0.4, 0.5) is 0 Å². The molecule has 1 amide bonds. The van der Waals surface area contributed by atoms with Crippen molar-refractivity contribution in [3.8, 4) is 0 Å². The Labute approximate surface area is 133 Å². The predicted octanol–water partition coefficient (Wildman–Crippen LogP) is 2.66. The van der Waals surface area contributed by atoms with E-state index >= 15 is 0 Å². The number of carbonyl (C=O) groups is 1. The predicted molar refractivity (Wildman–Crippen MR) is 89.7 cm³/mol. The molecule has 0 saturated carbocycles. The summed E-state index contributed by atoms with van der Waals surface area (Å²) in [5, 5.41) is 3.94. The molecular formula is C17H17N3OS. The van der Waals surface area contributed by atoms with Crippen LogP contribution in [0.3, 0.4) is 0 Å². The summed E-state index contributed by atoms with van der Waals surface area (Å²) in [6.45, 7) is 0.422. The molecule has 112 valence electrons. The maximum Gasteiger partial charge on any atom is 0.226 e. The van der Waals surface area contributed by atoms with E-state index in [1.807, 2.05) is 54.6 Å². The van der Waals surface area contributed by atoms with Crippen LogP contribution in [-0.4, -0.2) is 16.8 Å². The lowest BCUT2D eigenvalue weighted by atomic mass is 10.1. The van der Waals surface area contributed by atoms with Crippen LogP contribution in [0.5, 0.6) is 0 Å². The van der Waals surface area contributed by atoms with Crippen LogP contribution in [0.2, 0.25) is 0 Å². The average Bonchev–Trinajstić information content (AvgIpc) is 2.97. The Kier molecular flexibility index (Phi) is 4.46. The van der Waals surface area contributed by atoms with Crippen molar-refractivity contribution in [2.75, 3.05) is 6.54 Å². The highest BCUT2D eigenvalue weighted by molar-refractivity contribution is 7.13. The molecule has 22 heavy (non-hydrogen) atoms. The topological polar surface area (TPSA) is 68.0 Å². The van der Waals surface area contributed by atoms with Crippen LogP contribution in [0.25, 0.3) is 10.1 Å². The van der Waals surface area contributed by atoms with Crippen LogP contribution in [-0.2, 0) is 11.2 Å². The normalized spacial score (nSPS) is 12.2. The van der Waals surface area contributed by atoms with Crippen LogP contribution in [0, 0.1) is 0 Å². The first-order valence-electron chi connectivity index (χ1n) is 7.14. The lowest BCUT2D eigenvalue weighted by molar-refractivity contribution is -0.120. The van der Waals surface area contributed by atoms with Gasteiger partial charge >= 0.3 is 0 Å². The van der Waals surface area contributed by atoms with Gasteiger partial charge in [0.25, 0.3) is 0 Å². The van der Waals surface area contributed by atoms with E-state index in [4.69, 9.17) is 5.73 Å². The lowest BCUT2D eigenvalue weighted by Gasteiger charge is -2.12. The van der Waals surface area contributed by atoms with E-state index in [1.165, 1.54) is 11.5 Å². The standard InChI is InChI=1S/C17H17N3OS/c18-14(12-6-2-1-3-7-12)11-19-17(21)10-15-13-8-4-5-9-16(13)22-20-15/h1-9,14H,10-11,18H2,(H,19,21)/t14-/m0/s1. The summed E-state index contributed by atoms with van der Waals surface area (Å²) in [4.78, 5) is 12.1. The van der Waals surface area contributed by atoms with E-state index in [0.717, 1.165) is 21.3 Å². The quantitative estimate of drug-likeness (QED) is 0.761. The summed E-state index contributed by atoms with van der Waals surface area (Å²) >= 11 is 1.42. The molecule has 0 aliphatic rings. The second-order valence-corrected chi connectivity index (χ2v) is 5.93. The number of nitrogens with one attached hydrogen (secondary N) is 1. The summed E-state index contributed by atoms with van der Waals surface area (Å²) in [6.07, 6.45) is 0.283. The monoisotopic (exact) mass is 311 g/mol. The molecule has 1 aromatic heterocycles. The molecule has 3 N–H and O–H groups in total. The maximum absolute atomic E-state index is 12.1. The fourth-order valence-electron chi connectivity index (χ4n) is 2.32. The molecular weight excluding hydrogens is 294 g/mol. The van der Waals surface area contributed by atoms with Crippen LogP contribution >= 0.6 is 11.5 Å². The summed E-state index contributed by atoms with van der Waals surface area (Å²) in [5.41, 5.74) is 7.92. The number of nitrogens with two attached hydrogens (primary N) is 1. The molecule has 3 rings (SSSR count). The highest BCUT2D eigenvalue weighted by Crippen LogP contribution is 2.22. The Morgan fingerprint density at radius 1 is 1.14 bits per heavy atom. The van der Waals surface area contributed by atoms with E-state index in [2.05, 4.69) is 9.69 Å². The van der Waals surface area contributed by atoms with Gasteiger partial charge in [0, 0.05) is 18.0 Å².